The minimum Gasteiger partial charge on any atom is -0.469 e. The fourth-order valence-corrected chi connectivity index (χ4v) is 1.20. The van der Waals surface area contributed by atoms with Gasteiger partial charge in [-0.3, -0.25) is 9.59 Å². The molecule has 1 N–H and O–H groups in total. The van der Waals surface area contributed by atoms with E-state index in [0.29, 0.717) is 6.54 Å². The van der Waals surface area contributed by atoms with Crippen LogP contribution in [0.3, 0.4) is 0 Å². The first-order chi connectivity index (χ1) is 7.35. The zero-order valence-corrected chi connectivity index (χ0v) is 10.9. The standard InChI is InChI=1S/C12H23NO3/c1-6-12(3,4)9(2)11(15)13-8-7-10(14)16-5/h9H,6-8H2,1-5H3,(H,13,15)/t9-/m0/s1. The fourth-order valence-electron chi connectivity index (χ4n) is 1.20. The van der Waals surface area contributed by atoms with Gasteiger partial charge < -0.3 is 10.1 Å². The molecule has 0 aliphatic heterocycles. The molecule has 0 aliphatic carbocycles. The maximum atomic E-state index is 11.8. The minimum absolute atomic E-state index is 0.00393. The molecule has 0 aromatic rings. The average molecular weight is 229 g/mol. The lowest BCUT2D eigenvalue weighted by Crippen LogP contribution is -2.38. The van der Waals surface area contributed by atoms with Crippen LogP contribution in [0.15, 0.2) is 0 Å². The number of nitrogens with one attached hydrogen (secondary N) is 1. The third-order valence-electron chi connectivity index (χ3n) is 3.33. The summed E-state index contributed by atoms with van der Waals surface area (Å²) in [5.74, 6) is -0.367. The van der Waals surface area contributed by atoms with Crippen molar-refractivity contribution in [3.05, 3.63) is 0 Å². The molecule has 0 heterocycles. The molecular weight excluding hydrogens is 206 g/mol. The Bertz CT molecular complexity index is 249. The zero-order valence-electron chi connectivity index (χ0n) is 10.9. The highest BCUT2D eigenvalue weighted by molar-refractivity contribution is 5.79. The molecule has 1 atom stereocenters. The Morgan fingerprint density at radius 1 is 1.38 bits per heavy atom. The number of esters is 1. The molecule has 0 fully saturated rings. The summed E-state index contributed by atoms with van der Waals surface area (Å²) < 4.78 is 4.49. The van der Waals surface area contributed by atoms with E-state index in [-0.39, 0.29) is 29.6 Å². The van der Waals surface area contributed by atoms with Crippen LogP contribution in [0.4, 0.5) is 0 Å². The van der Waals surface area contributed by atoms with Crippen LogP contribution in [0.25, 0.3) is 0 Å². The van der Waals surface area contributed by atoms with Gasteiger partial charge in [0.2, 0.25) is 5.91 Å². The number of rotatable bonds is 6. The van der Waals surface area contributed by atoms with E-state index in [9.17, 15) is 9.59 Å². The molecule has 94 valence electrons. The first-order valence-electron chi connectivity index (χ1n) is 5.69. The summed E-state index contributed by atoms with van der Waals surface area (Å²) >= 11 is 0. The summed E-state index contributed by atoms with van der Waals surface area (Å²) in [5, 5.41) is 2.75. The highest BCUT2D eigenvalue weighted by atomic mass is 16.5. The molecule has 0 saturated heterocycles. The lowest BCUT2D eigenvalue weighted by Gasteiger charge is -2.29. The largest absolute Gasteiger partial charge is 0.469 e. The molecule has 0 rings (SSSR count). The van der Waals surface area contributed by atoms with Crippen LogP contribution in [0.2, 0.25) is 0 Å². The molecule has 0 aliphatic rings. The van der Waals surface area contributed by atoms with E-state index < -0.39 is 0 Å². The van der Waals surface area contributed by atoms with Crippen LogP contribution in [-0.4, -0.2) is 25.5 Å². The van der Waals surface area contributed by atoms with E-state index >= 15 is 0 Å². The predicted octanol–water partition coefficient (Wildman–Crippen LogP) is 1.74. The molecule has 0 aromatic heterocycles. The van der Waals surface area contributed by atoms with Gasteiger partial charge in [0.1, 0.15) is 0 Å². The lowest BCUT2D eigenvalue weighted by atomic mass is 9.77. The highest BCUT2D eigenvalue weighted by Crippen LogP contribution is 2.29. The van der Waals surface area contributed by atoms with Crippen molar-refractivity contribution >= 4 is 11.9 Å². The molecule has 16 heavy (non-hydrogen) atoms. The Kier molecular flexibility index (Phi) is 6.08. The minimum atomic E-state index is -0.303. The zero-order chi connectivity index (χ0) is 12.8. The van der Waals surface area contributed by atoms with Crippen molar-refractivity contribution in [1.29, 1.82) is 0 Å². The van der Waals surface area contributed by atoms with Gasteiger partial charge in [0.05, 0.1) is 13.5 Å². The second kappa shape index (κ2) is 6.51. The first-order valence-corrected chi connectivity index (χ1v) is 5.69. The van der Waals surface area contributed by atoms with Gasteiger partial charge in [-0.05, 0) is 5.41 Å². The van der Waals surface area contributed by atoms with E-state index in [1.54, 1.807) is 0 Å². The average Bonchev–Trinajstić information content (AvgIpc) is 2.27. The third-order valence-corrected chi connectivity index (χ3v) is 3.33. The number of hydrogen-bond donors (Lipinski definition) is 1. The van der Waals surface area contributed by atoms with Gasteiger partial charge in [-0.2, -0.15) is 0 Å². The Balaban J connectivity index is 4.03. The number of amides is 1. The summed E-state index contributed by atoms with van der Waals surface area (Å²) in [4.78, 5) is 22.6. The Morgan fingerprint density at radius 2 is 1.94 bits per heavy atom. The lowest BCUT2D eigenvalue weighted by molar-refractivity contribution is -0.140. The molecule has 0 saturated carbocycles. The van der Waals surface area contributed by atoms with Crippen LogP contribution >= 0.6 is 0 Å². The van der Waals surface area contributed by atoms with Crippen molar-refractivity contribution in [2.75, 3.05) is 13.7 Å². The molecule has 4 nitrogen and oxygen atoms in total. The summed E-state index contributed by atoms with van der Waals surface area (Å²) in [6, 6.07) is 0. The smallest absolute Gasteiger partial charge is 0.307 e. The van der Waals surface area contributed by atoms with Crippen molar-refractivity contribution in [2.45, 2.75) is 40.5 Å². The van der Waals surface area contributed by atoms with Crippen molar-refractivity contribution < 1.29 is 14.3 Å². The van der Waals surface area contributed by atoms with Crippen LogP contribution < -0.4 is 5.32 Å². The topological polar surface area (TPSA) is 55.4 Å². The Labute approximate surface area is 97.7 Å². The monoisotopic (exact) mass is 229 g/mol. The predicted molar refractivity (Wildman–Crippen MR) is 62.9 cm³/mol. The van der Waals surface area contributed by atoms with Gasteiger partial charge in [-0.15, -0.1) is 0 Å². The molecule has 0 bridgehead atoms. The van der Waals surface area contributed by atoms with E-state index in [4.69, 9.17) is 0 Å². The van der Waals surface area contributed by atoms with Crippen molar-refractivity contribution in [1.82, 2.24) is 5.32 Å². The maximum absolute atomic E-state index is 11.8. The highest BCUT2D eigenvalue weighted by Gasteiger charge is 2.29. The fraction of sp³-hybridized carbons (Fsp3) is 0.833. The Morgan fingerprint density at radius 3 is 2.38 bits per heavy atom. The summed E-state index contributed by atoms with van der Waals surface area (Å²) in [5.41, 5.74) is -0.0185. The normalized spacial score (nSPS) is 13.1. The third kappa shape index (κ3) is 4.64. The number of hydrogen-bond acceptors (Lipinski definition) is 3. The molecular formula is C12H23NO3. The van der Waals surface area contributed by atoms with E-state index in [0.717, 1.165) is 6.42 Å². The molecule has 0 radical (unpaired) electrons. The van der Waals surface area contributed by atoms with Crippen LogP contribution in [0, 0.1) is 11.3 Å². The number of carbonyl (C=O) groups is 2. The van der Waals surface area contributed by atoms with Gasteiger partial charge >= 0.3 is 5.97 Å². The second-order valence-corrected chi connectivity index (χ2v) is 4.68. The van der Waals surface area contributed by atoms with Gasteiger partial charge in [0.15, 0.2) is 0 Å². The van der Waals surface area contributed by atoms with Crippen molar-refractivity contribution in [3.8, 4) is 0 Å². The van der Waals surface area contributed by atoms with Gasteiger partial charge in [0.25, 0.3) is 0 Å². The van der Waals surface area contributed by atoms with Crippen molar-refractivity contribution in [3.63, 3.8) is 0 Å². The van der Waals surface area contributed by atoms with Gasteiger partial charge in [-0.1, -0.05) is 34.1 Å². The summed E-state index contributed by atoms with van der Waals surface area (Å²) in [6.45, 7) is 8.46. The van der Waals surface area contributed by atoms with E-state index in [2.05, 4.69) is 30.8 Å². The van der Waals surface area contributed by atoms with Crippen LogP contribution in [0.5, 0.6) is 0 Å². The molecule has 0 unspecified atom stereocenters. The van der Waals surface area contributed by atoms with E-state index in [1.165, 1.54) is 7.11 Å². The van der Waals surface area contributed by atoms with Gasteiger partial charge in [-0.25, -0.2) is 0 Å². The summed E-state index contributed by atoms with van der Waals surface area (Å²) in [7, 11) is 1.34. The maximum Gasteiger partial charge on any atom is 0.307 e. The summed E-state index contributed by atoms with van der Waals surface area (Å²) in [6.07, 6.45) is 1.17. The second-order valence-electron chi connectivity index (χ2n) is 4.68. The number of carbonyl (C=O) groups excluding carboxylic acids is 2. The Hall–Kier alpha value is -1.06. The quantitative estimate of drug-likeness (QED) is 0.706. The van der Waals surface area contributed by atoms with Crippen LogP contribution in [0.1, 0.15) is 40.5 Å². The van der Waals surface area contributed by atoms with Crippen molar-refractivity contribution in [2.24, 2.45) is 11.3 Å². The molecule has 4 heteroatoms. The van der Waals surface area contributed by atoms with E-state index in [1.807, 2.05) is 6.92 Å². The first kappa shape index (κ1) is 14.9. The number of ether oxygens (including phenoxy) is 1. The number of methoxy groups -OCH3 is 1. The molecule has 0 spiro atoms. The van der Waals surface area contributed by atoms with Gasteiger partial charge in [0, 0.05) is 12.5 Å². The van der Waals surface area contributed by atoms with Crippen LogP contribution in [-0.2, 0) is 14.3 Å². The molecule has 0 aromatic carbocycles. The molecule has 1 amide bonds. The SMILES string of the molecule is CCC(C)(C)[C@@H](C)C(=O)NCCC(=O)OC.